The van der Waals surface area contributed by atoms with Crippen molar-refractivity contribution in [1.29, 1.82) is 5.53 Å². The van der Waals surface area contributed by atoms with Crippen LogP contribution >= 0.6 is 0 Å². The topological polar surface area (TPSA) is 112 Å². The first-order valence-electron chi connectivity index (χ1n) is 8.98. The number of nitrogens with two attached hydrogens (primary N) is 1. The molecule has 0 amide bonds. The lowest BCUT2D eigenvalue weighted by Crippen LogP contribution is -2.17. The number of benzene rings is 1. The standard InChI is InChI=1S/C21H22FN7/c1-13(29-24)19(25-2)14-7-8-17(23)18(11-14)28-20(15-5-3-9-26-12-15)21-16(22)6-4-10-27-21/h3-12,20,24-25,28H,23H2,1-2H3/b19-13-,29-24?. The molecule has 0 radical (unpaired) electrons. The molecule has 5 N–H and O–H groups in total. The lowest BCUT2D eigenvalue weighted by Gasteiger charge is -2.22. The van der Waals surface area contributed by atoms with Gasteiger partial charge in [0.2, 0.25) is 0 Å². The third kappa shape index (κ3) is 4.37. The van der Waals surface area contributed by atoms with Gasteiger partial charge in [-0.15, -0.1) is 0 Å². The van der Waals surface area contributed by atoms with Gasteiger partial charge in [0.25, 0.3) is 0 Å². The van der Waals surface area contributed by atoms with E-state index >= 15 is 0 Å². The van der Waals surface area contributed by atoms with Crippen LogP contribution in [0.5, 0.6) is 0 Å². The molecular weight excluding hydrogens is 369 g/mol. The Bertz CT molecular complexity index is 1030. The summed E-state index contributed by atoms with van der Waals surface area (Å²) in [4.78, 5) is 8.37. The van der Waals surface area contributed by atoms with Gasteiger partial charge in [-0.25, -0.2) is 9.92 Å². The molecule has 1 atom stereocenters. The first-order chi connectivity index (χ1) is 14.0. The molecule has 3 aromatic rings. The van der Waals surface area contributed by atoms with E-state index in [1.807, 2.05) is 18.2 Å². The zero-order valence-corrected chi connectivity index (χ0v) is 16.1. The van der Waals surface area contributed by atoms with E-state index in [1.165, 1.54) is 6.07 Å². The maximum Gasteiger partial charge on any atom is 0.147 e. The number of nitrogen functional groups attached to an aromatic ring is 1. The zero-order valence-electron chi connectivity index (χ0n) is 16.1. The lowest BCUT2D eigenvalue weighted by molar-refractivity contribution is 0.592. The van der Waals surface area contributed by atoms with Crippen LogP contribution in [0.3, 0.4) is 0 Å². The van der Waals surface area contributed by atoms with E-state index in [2.05, 4.69) is 25.7 Å². The molecule has 0 aliphatic heterocycles. The van der Waals surface area contributed by atoms with Crippen LogP contribution in [0, 0.1) is 11.3 Å². The Morgan fingerprint density at radius 1 is 1.21 bits per heavy atom. The first kappa shape index (κ1) is 19.9. The van der Waals surface area contributed by atoms with E-state index in [-0.39, 0.29) is 5.69 Å². The van der Waals surface area contributed by atoms with Crippen molar-refractivity contribution in [3.05, 3.63) is 89.4 Å². The fraction of sp³-hybridized carbons (Fsp3) is 0.143. The highest BCUT2D eigenvalue weighted by Gasteiger charge is 2.21. The molecule has 2 heterocycles. The summed E-state index contributed by atoms with van der Waals surface area (Å²) in [7, 11) is 1.76. The zero-order chi connectivity index (χ0) is 20.8. The average Bonchev–Trinajstić information content (AvgIpc) is 2.75. The maximum atomic E-state index is 14.5. The first-order valence-corrected chi connectivity index (χ1v) is 8.98. The molecule has 0 saturated carbocycles. The Morgan fingerprint density at radius 3 is 2.66 bits per heavy atom. The number of allylic oxidation sites excluding steroid dienone is 1. The van der Waals surface area contributed by atoms with E-state index < -0.39 is 11.9 Å². The van der Waals surface area contributed by atoms with Crippen LogP contribution in [0.25, 0.3) is 5.70 Å². The molecule has 0 aliphatic rings. The molecule has 0 saturated heterocycles. The number of nitrogens with one attached hydrogen (secondary N) is 3. The number of hydrogen-bond donors (Lipinski definition) is 4. The van der Waals surface area contributed by atoms with Crippen molar-refractivity contribution < 1.29 is 4.39 Å². The SMILES string of the molecule is CN/C(=C(/C)N=N)c1ccc(N)c(NC(c2cccnc2)c2ncccc2F)c1. The lowest BCUT2D eigenvalue weighted by atomic mass is 10.0. The normalized spacial score (nSPS) is 12.7. The Kier molecular flexibility index (Phi) is 6.13. The van der Waals surface area contributed by atoms with Gasteiger partial charge in [0.15, 0.2) is 0 Å². The van der Waals surface area contributed by atoms with Crippen molar-refractivity contribution in [1.82, 2.24) is 15.3 Å². The highest BCUT2D eigenvalue weighted by molar-refractivity contribution is 5.76. The third-order valence-electron chi connectivity index (χ3n) is 4.50. The molecule has 0 bridgehead atoms. The third-order valence-corrected chi connectivity index (χ3v) is 4.50. The molecular formula is C21H22FN7. The van der Waals surface area contributed by atoms with Gasteiger partial charge in [-0.05, 0) is 42.8 Å². The average molecular weight is 391 g/mol. The summed E-state index contributed by atoms with van der Waals surface area (Å²) in [6, 6.07) is 11.4. The van der Waals surface area contributed by atoms with E-state index in [1.54, 1.807) is 50.8 Å². The van der Waals surface area contributed by atoms with E-state index in [9.17, 15) is 4.39 Å². The highest BCUT2D eigenvalue weighted by Crippen LogP contribution is 2.31. The molecule has 1 unspecified atom stereocenters. The Morgan fingerprint density at radius 2 is 2.00 bits per heavy atom. The van der Waals surface area contributed by atoms with Crippen LogP contribution in [-0.2, 0) is 0 Å². The van der Waals surface area contributed by atoms with Gasteiger partial charge in [-0.2, -0.15) is 5.11 Å². The minimum atomic E-state index is -0.591. The molecule has 148 valence electrons. The van der Waals surface area contributed by atoms with Gasteiger partial charge < -0.3 is 16.4 Å². The van der Waals surface area contributed by atoms with Crippen molar-refractivity contribution >= 4 is 17.1 Å². The van der Waals surface area contributed by atoms with Gasteiger partial charge in [0.05, 0.1) is 28.8 Å². The monoisotopic (exact) mass is 391 g/mol. The van der Waals surface area contributed by atoms with Gasteiger partial charge in [-0.3, -0.25) is 9.97 Å². The number of aromatic nitrogens is 2. The minimum Gasteiger partial charge on any atom is -0.397 e. The number of anilines is 2. The van der Waals surface area contributed by atoms with E-state index in [0.29, 0.717) is 22.8 Å². The molecule has 7 nitrogen and oxygen atoms in total. The predicted octanol–water partition coefficient (Wildman–Crippen LogP) is 4.34. The number of pyridine rings is 2. The summed E-state index contributed by atoms with van der Waals surface area (Å²) in [5, 5.41) is 9.86. The van der Waals surface area contributed by atoms with Crippen molar-refractivity contribution in [3.63, 3.8) is 0 Å². The molecule has 0 aliphatic carbocycles. The van der Waals surface area contributed by atoms with Crippen LogP contribution in [0.2, 0.25) is 0 Å². The van der Waals surface area contributed by atoms with Gasteiger partial charge in [-0.1, -0.05) is 12.1 Å². The van der Waals surface area contributed by atoms with Gasteiger partial charge in [0, 0.05) is 31.2 Å². The number of hydrogen-bond acceptors (Lipinski definition) is 7. The second-order valence-corrected chi connectivity index (χ2v) is 6.36. The Hall–Kier alpha value is -3.81. The van der Waals surface area contributed by atoms with E-state index in [0.717, 1.165) is 11.1 Å². The van der Waals surface area contributed by atoms with Crippen molar-refractivity contribution in [2.45, 2.75) is 13.0 Å². The van der Waals surface area contributed by atoms with Crippen molar-refractivity contribution in [2.75, 3.05) is 18.1 Å². The Balaban J connectivity index is 2.08. The Labute approximate surface area is 168 Å². The number of halogens is 1. The molecule has 0 spiro atoms. The summed E-state index contributed by atoms with van der Waals surface area (Å²) in [6.45, 7) is 1.74. The largest absolute Gasteiger partial charge is 0.397 e. The highest BCUT2D eigenvalue weighted by atomic mass is 19.1. The molecule has 29 heavy (non-hydrogen) atoms. The molecule has 2 aromatic heterocycles. The maximum absolute atomic E-state index is 14.5. The second-order valence-electron chi connectivity index (χ2n) is 6.36. The fourth-order valence-corrected chi connectivity index (χ4v) is 3.05. The van der Waals surface area contributed by atoms with Crippen LogP contribution in [-0.4, -0.2) is 17.0 Å². The summed E-state index contributed by atoms with van der Waals surface area (Å²) in [6.07, 6.45) is 4.86. The van der Waals surface area contributed by atoms with Crippen LogP contribution in [0.1, 0.15) is 29.8 Å². The summed E-state index contributed by atoms with van der Waals surface area (Å²) >= 11 is 0. The summed E-state index contributed by atoms with van der Waals surface area (Å²) < 4.78 is 14.5. The van der Waals surface area contributed by atoms with Gasteiger partial charge in [0.1, 0.15) is 11.5 Å². The number of rotatable bonds is 7. The predicted molar refractivity (Wildman–Crippen MR) is 112 cm³/mol. The van der Waals surface area contributed by atoms with Crippen molar-refractivity contribution in [3.8, 4) is 0 Å². The molecule has 0 fully saturated rings. The smallest absolute Gasteiger partial charge is 0.147 e. The van der Waals surface area contributed by atoms with Crippen LogP contribution < -0.4 is 16.4 Å². The summed E-state index contributed by atoms with van der Waals surface area (Å²) in [5.41, 5.74) is 17.6. The second kappa shape index (κ2) is 8.92. The minimum absolute atomic E-state index is 0.243. The molecule has 3 rings (SSSR count). The van der Waals surface area contributed by atoms with Crippen LogP contribution in [0.15, 0.2) is 71.9 Å². The molecule has 1 aromatic carbocycles. The van der Waals surface area contributed by atoms with Crippen LogP contribution in [0.4, 0.5) is 15.8 Å². The fourth-order valence-electron chi connectivity index (χ4n) is 3.05. The van der Waals surface area contributed by atoms with E-state index in [4.69, 9.17) is 11.3 Å². The molecule has 8 heteroatoms. The van der Waals surface area contributed by atoms with Gasteiger partial charge >= 0.3 is 0 Å². The summed E-state index contributed by atoms with van der Waals surface area (Å²) in [5.74, 6) is -0.428. The van der Waals surface area contributed by atoms with Crippen molar-refractivity contribution in [2.24, 2.45) is 5.11 Å². The quantitative estimate of drug-likeness (QED) is 0.354. The number of nitrogens with zero attached hydrogens (tertiary/aromatic N) is 3.